The van der Waals surface area contributed by atoms with Crippen LogP contribution in [0.2, 0.25) is 0 Å². The highest BCUT2D eigenvalue weighted by Crippen LogP contribution is 2.26. The molecule has 5 heteroatoms. The molecule has 0 saturated carbocycles. The molecule has 0 saturated heterocycles. The number of nitrogens with one attached hydrogen (secondary N) is 1. The molecule has 0 aliphatic heterocycles. The van der Waals surface area contributed by atoms with Gasteiger partial charge < -0.3 is 14.8 Å². The van der Waals surface area contributed by atoms with E-state index < -0.39 is 5.97 Å². The molecule has 2 aromatic rings. The molecule has 108 valence electrons. The summed E-state index contributed by atoms with van der Waals surface area (Å²) in [6.07, 6.45) is 0. The summed E-state index contributed by atoms with van der Waals surface area (Å²) in [7, 11) is 0. The molecule has 2 N–H and O–H groups in total. The van der Waals surface area contributed by atoms with E-state index in [1.54, 1.807) is 24.3 Å². The average molecular weight is 293 g/mol. The fourth-order valence-electron chi connectivity index (χ4n) is 2.10. The van der Waals surface area contributed by atoms with Crippen LogP contribution in [0.15, 0.2) is 28.0 Å². The topological polar surface area (TPSA) is 62.5 Å². The van der Waals surface area contributed by atoms with Crippen LogP contribution in [0.4, 0.5) is 0 Å². The first-order valence-electron chi connectivity index (χ1n) is 6.47. The van der Waals surface area contributed by atoms with E-state index in [4.69, 9.17) is 9.52 Å². The summed E-state index contributed by atoms with van der Waals surface area (Å²) in [6, 6.07) is 5.96. The normalized spacial score (nSPS) is 11.8. The van der Waals surface area contributed by atoms with Crippen molar-refractivity contribution in [2.45, 2.75) is 32.7 Å². The zero-order valence-electron chi connectivity index (χ0n) is 11.9. The summed E-state index contributed by atoms with van der Waals surface area (Å²) < 4.78 is 5.32. The van der Waals surface area contributed by atoms with Gasteiger partial charge in [-0.3, -0.25) is 0 Å². The Labute approximate surface area is 122 Å². The summed E-state index contributed by atoms with van der Waals surface area (Å²) in [5.41, 5.74) is 0.706. The molecule has 20 heavy (non-hydrogen) atoms. The minimum atomic E-state index is -1.02. The first-order chi connectivity index (χ1) is 9.40. The van der Waals surface area contributed by atoms with Crippen molar-refractivity contribution in [1.29, 1.82) is 0 Å². The van der Waals surface area contributed by atoms with E-state index >= 15 is 0 Å². The summed E-state index contributed by atoms with van der Waals surface area (Å²) in [5.74, 6) is -0.339. The molecular weight excluding hydrogens is 274 g/mol. The third-order valence-corrected chi connectivity index (χ3v) is 4.45. The van der Waals surface area contributed by atoms with Crippen molar-refractivity contribution in [3.05, 3.63) is 45.5 Å². The fraction of sp³-hybridized carbons (Fsp3) is 0.400. The van der Waals surface area contributed by atoms with Crippen molar-refractivity contribution in [2.75, 3.05) is 6.54 Å². The molecule has 2 rings (SSSR count). The monoisotopic (exact) mass is 293 g/mol. The molecule has 0 bridgehead atoms. The summed E-state index contributed by atoms with van der Waals surface area (Å²) in [5, 5.41) is 14.4. The molecule has 0 aliphatic carbocycles. The predicted molar refractivity (Wildman–Crippen MR) is 79.5 cm³/mol. The van der Waals surface area contributed by atoms with Gasteiger partial charge in [-0.15, -0.1) is 11.3 Å². The van der Waals surface area contributed by atoms with Gasteiger partial charge in [0.15, 0.2) is 0 Å². The quantitative estimate of drug-likeness (QED) is 0.856. The van der Waals surface area contributed by atoms with Crippen LogP contribution < -0.4 is 5.32 Å². The van der Waals surface area contributed by atoms with Gasteiger partial charge in [0.1, 0.15) is 5.76 Å². The third kappa shape index (κ3) is 3.29. The lowest BCUT2D eigenvalue weighted by Crippen LogP contribution is -2.31. The van der Waals surface area contributed by atoms with Crippen molar-refractivity contribution < 1.29 is 14.3 Å². The summed E-state index contributed by atoms with van der Waals surface area (Å²) >= 11 is 1.75. The Balaban J connectivity index is 1.93. The van der Waals surface area contributed by atoms with Crippen LogP contribution in [0.1, 0.15) is 40.6 Å². The van der Waals surface area contributed by atoms with Crippen LogP contribution in [-0.2, 0) is 12.0 Å². The van der Waals surface area contributed by atoms with Crippen LogP contribution in [0.3, 0.4) is 0 Å². The molecular formula is C15H19NO3S. The Morgan fingerprint density at radius 3 is 2.80 bits per heavy atom. The highest BCUT2D eigenvalue weighted by atomic mass is 32.1. The van der Waals surface area contributed by atoms with Crippen LogP contribution in [-0.4, -0.2) is 17.6 Å². The van der Waals surface area contributed by atoms with E-state index in [1.165, 1.54) is 4.88 Å². The zero-order valence-corrected chi connectivity index (χ0v) is 12.7. The standard InChI is InChI=1S/C15H19NO3S/c1-10-7-11(19-13(10)14(17)18)8-16-9-15(2,3)12-5-4-6-20-12/h4-7,16H,8-9H2,1-3H3,(H,17,18). The van der Waals surface area contributed by atoms with E-state index in [0.29, 0.717) is 17.9 Å². The van der Waals surface area contributed by atoms with Crippen molar-refractivity contribution >= 4 is 17.3 Å². The lowest BCUT2D eigenvalue weighted by Gasteiger charge is -2.23. The van der Waals surface area contributed by atoms with E-state index in [9.17, 15) is 4.79 Å². The Kier molecular flexibility index (Phi) is 4.30. The molecule has 2 aromatic heterocycles. The number of rotatable bonds is 6. The second kappa shape index (κ2) is 5.81. The van der Waals surface area contributed by atoms with Crippen LogP contribution in [0.5, 0.6) is 0 Å². The summed E-state index contributed by atoms with van der Waals surface area (Å²) in [4.78, 5) is 12.2. The Morgan fingerprint density at radius 2 is 2.25 bits per heavy atom. The Hall–Kier alpha value is -1.59. The number of hydrogen-bond acceptors (Lipinski definition) is 4. The second-order valence-corrected chi connectivity index (χ2v) is 6.44. The highest BCUT2D eigenvalue weighted by molar-refractivity contribution is 7.10. The molecule has 0 aliphatic rings. The van der Waals surface area contributed by atoms with Crippen LogP contribution >= 0.6 is 11.3 Å². The van der Waals surface area contributed by atoms with E-state index in [-0.39, 0.29) is 11.2 Å². The molecule has 0 aromatic carbocycles. The molecule has 0 fully saturated rings. The third-order valence-electron chi connectivity index (χ3n) is 3.22. The van der Waals surface area contributed by atoms with Crippen molar-refractivity contribution in [3.8, 4) is 0 Å². The SMILES string of the molecule is Cc1cc(CNCC(C)(C)c2cccs2)oc1C(=O)O. The van der Waals surface area contributed by atoms with Gasteiger partial charge in [0.05, 0.1) is 6.54 Å². The number of aromatic carboxylic acids is 1. The van der Waals surface area contributed by atoms with E-state index in [1.807, 2.05) is 0 Å². The fourth-order valence-corrected chi connectivity index (χ4v) is 2.95. The molecule has 2 heterocycles. The summed E-state index contributed by atoms with van der Waals surface area (Å²) in [6.45, 7) is 7.44. The number of carboxylic acid groups (broad SMARTS) is 1. The zero-order chi connectivity index (χ0) is 14.8. The number of hydrogen-bond donors (Lipinski definition) is 2. The van der Waals surface area contributed by atoms with Gasteiger partial charge in [0.2, 0.25) is 5.76 Å². The largest absolute Gasteiger partial charge is 0.475 e. The number of thiophene rings is 1. The lowest BCUT2D eigenvalue weighted by molar-refractivity contribution is 0.0659. The first kappa shape index (κ1) is 14.8. The molecule has 0 spiro atoms. The van der Waals surface area contributed by atoms with Crippen molar-refractivity contribution in [1.82, 2.24) is 5.32 Å². The maximum absolute atomic E-state index is 10.9. The molecule has 0 unspecified atom stereocenters. The highest BCUT2D eigenvalue weighted by Gasteiger charge is 2.21. The number of furan rings is 1. The minimum Gasteiger partial charge on any atom is -0.475 e. The van der Waals surface area contributed by atoms with E-state index in [0.717, 1.165) is 6.54 Å². The Bertz CT molecular complexity index is 584. The number of aryl methyl sites for hydroxylation is 1. The molecule has 0 amide bonds. The number of carbonyl (C=O) groups is 1. The van der Waals surface area contributed by atoms with Gasteiger partial charge in [0.25, 0.3) is 0 Å². The smallest absolute Gasteiger partial charge is 0.372 e. The molecule has 0 atom stereocenters. The molecule has 4 nitrogen and oxygen atoms in total. The average Bonchev–Trinajstić information content (AvgIpc) is 2.98. The molecule has 0 radical (unpaired) electrons. The maximum Gasteiger partial charge on any atom is 0.372 e. The van der Waals surface area contributed by atoms with Gasteiger partial charge in [-0.1, -0.05) is 19.9 Å². The maximum atomic E-state index is 10.9. The van der Waals surface area contributed by atoms with Gasteiger partial charge in [-0.25, -0.2) is 4.79 Å². The van der Waals surface area contributed by atoms with Crippen molar-refractivity contribution in [3.63, 3.8) is 0 Å². The first-order valence-corrected chi connectivity index (χ1v) is 7.35. The van der Waals surface area contributed by atoms with Gasteiger partial charge >= 0.3 is 5.97 Å². The second-order valence-electron chi connectivity index (χ2n) is 5.49. The van der Waals surface area contributed by atoms with Gasteiger partial charge in [-0.05, 0) is 24.4 Å². The van der Waals surface area contributed by atoms with Crippen LogP contribution in [0.25, 0.3) is 0 Å². The number of carboxylic acids is 1. The van der Waals surface area contributed by atoms with Crippen LogP contribution in [0, 0.1) is 6.92 Å². The van der Waals surface area contributed by atoms with E-state index in [2.05, 4.69) is 36.7 Å². The van der Waals surface area contributed by atoms with Gasteiger partial charge in [0, 0.05) is 22.4 Å². The minimum absolute atomic E-state index is 0.0271. The predicted octanol–water partition coefficient (Wildman–Crippen LogP) is 3.42. The lowest BCUT2D eigenvalue weighted by atomic mass is 9.91. The van der Waals surface area contributed by atoms with Gasteiger partial charge in [-0.2, -0.15) is 0 Å². The Morgan fingerprint density at radius 1 is 1.50 bits per heavy atom. The van der Waals surface area contributed by atoms with Crippen molar-refractivity contribution in [2.24, 2.45) is 0 Å².